The van der Waals surface area contributed by atoms with Gasteiger partial charge in [0, 0.05) is 6.07 Å². The first kappa shape index (κ1) is 15.0. The molecule has 4 heteroatoms. The second-order valence-corrected chi connectivity index (χ2v) is 5.45. The van der Waals surface area contributed by atoms with Crippen LogP contribution in [0.2, 0.25) is 0 Å². The van der Waals surface area contributed by atoms with E-state index in [4.69, 9.17) is 9.47 Å². The van der Waals surface area contributed by atoms with Crippen LogP contribution in [0.4, 0.5) is 0 Å². The van der Waals surface area contributed by atoms with Gasteiger partial charge in [0.2, 0.25) is 5.78 Å². The van der Waals surface area contributed by atoms with Crippen LogP contribution in [-0.2, 0) is 4.79 Å². The number of allylic oxidation sites excluding steroid dienone is 1. The largest absolute Gasteiger partial charge is 0.486 e. The molecular formula is C19H16O4. The second kappa shape index (κ2) is 6.08. The van der Waals surface area contributed by atoms with Crippen LogP contribution >= 0.6 is 0 Å². The van der Waals surface area contributed by atoms with Gasteiger partial charge in [0.1, 0.15) is 18.1 Å². The number of rotatable bonds is 4. The number of fused-ring (bicyclic) bond motifs is 1. The molecule has 1 aliphatic heterocycles. The summed E-state index contributed by atoms with van der Waals surface area (Å²) < 4.78 is 11.0. The van der Waals surface area contributed by atoms with E-state index in [1.165, 1.54) is 6.92 Å². The molecule has 0 saturated carbocycles. The number of ether oxygens (including phenoxy) is 2. The van der Waals surface area contributed by atoms with E-state index in [9.17, 15) is 9.59 Å². The molecule has 4 nitrogen and oxygen atoms in total. The van der Waals surface area contributed by atoms with Crippen LogP contribution in [0.3, 0.4) is 0 Å². The Balaban J connectivity index is 1.87. The molecule has 0 N–H and O–H groups in total. The molecule has 0 aromatic heterocycles. The van der Waals surface area contributed by atoms with Gasteiger partial charge >= 0.3 is 0 Å². The van der Waals surface area contributed by atoms with Crippen LogP contribution in [0, 0.1) is 6.92 Å². The minimum absolute atomic E-state index is 0.00135. The fraction of sp³-hybridized carbons (Fsp3) is 0.158. The molecule has 0 atom stereocenters. The summed E-state index contributed by atoms with van der Waals surface area (Å²) in [5.41, 5.74) is 2.51. The molecule has 0 saturated heterocycles. The number of carbonyl (C=O) groups excluding carboxylic acids is 2. The molecule has 0 radical (unpaired) electrons. The van der Waals surface area contributed by atoms with Gasteiger partial charge in [-0.05, 0) is 43.2 Å². The lowest BCUT2D eigenvalue weighted by Crippen LogP contribution is -2.06. The van der Waals surface area contributed by atoms with Crippen molar-refractivity contribution in [3.63, 3.8) is 0 Å². The Hall–Kier alpha value is -2.88. The molecule has 2 aromatic carbocycles. The molecule has 3 rings (SSSR count). The quantitative estimate of drug-likeness (QED) is 0.810. The zero-order valence-electron chi connectivity index (χ0n) is 13.0. The van der Waals surface area contributed by atoms with E-state index in [1.54, 1.807) is 24.3 Å². The maximum absolute atomic E-state index is 12.4. The molecular weight excluding hydrogens is 292 g/mol. The molecule has 0 bridgehead atoms. The lowest BCUT2D eigenvalue weighted by Gasteiger charge is -2.05. The first-order valence-electron chi connectivity index (χ1n) is 7.31. The van der Waals surface area contributed by atoms with Crippen molar-refractivity contribution in [2.75, 3.05) is 6.61 Å². The Labute approximate surface area is 134 Å². The third-order valence-corrected chi connectivity index (χ3v) is 3.56. The van der Waals surface area contributed by atoms with E-state index < -0.39 is 0 Å². The standard InChI is InChI=1S/C19H16O4/c1-12-5-3-4-6-14(12)9-18-19(21)16-8-7-15(10-17(16)23-18)22-11-13(2)20/h3-10H,11H2,1-2H3/b18-9+. The Morgan fingerprint density at radius 1 is 1.22 bits per heavy atom. The minimum atomic E-state index is -0.152. The topological polar surface area (TPSA) is 52.6 Å². The zero-order chi connectivity index (χ0) is 16.4. The number of hydrogen-bond acceptors (Lipinski definition) is 4. The highest BCUT2D eigenvalue weighted by molar-refractivity contribution is 6.14. The lowest BCUT2D eigenvalue weighted by molar-refractivity contribution is -0.118. The molecule has 0 amide bonds. The Bertz CT molecular complexity index is 818. The average Bonchev–Trinajstić information content (AvgIpc) is 2.83. The van der Waals surface area contributed by atoms with Crippen molar-refractivity contribution >= 4 is 17.6 Å². The minimum Gasteiger partial charge on any atom is -0.486 e. The van der Waals surface area contributed by atoms with Crippen molar-refractivity contribution < 1.29 is 19.1 Å². The third kappa shape index (κ3) is 3.16. The van der Waals surface area contributed by atoms with Gasteiger partial charge < -0.3 is 9.47 Å². The third-order valence-electron chi connectivity index (χ3n) is 3.56. The number of ketones is 2. The van der Waals surface area contributed by atoms with Crippen molar-refractivity contribution in [1.29, 1.82) is 0 Å². The van der Waals surface area contributed by atoms with Crippen LogP contribution in [0.15, 0.2) is 48.2 Å². The van der Waals surface area contributed by atoms with Gasteiger partial charge in [0.05, 0.1) is 5.56 Å². The fourth-order valence-corrected chi connectivity index (χ4v) is 2.33. The summed E-state index contributed by atoms with van der Waals surface area (Å²) in [6, 6.07) is 12.7. The molecule has 2 aromatic rings. The maximum Gasteiger partial charge on any atom is 0.231 e. The first-order chi connectivity index (χ1) is 11.0. The van der Waals surface area contributed by atoms with Crippen molar-refractivity contribution in [2.24, 2.45) is 0 Å². The van der Waals surface area contributed by atoms with E-state index in [1.807, 2.05) is 31.2 Å². The predicted octanol–water partition coefficient (Wildman–Crippen LogP) is 3.58. The van der Waals surface area contributed by atoms with Crippen LogP contribution in [-0.4, -0.2) is 18.2 Å². The van der Waals surface area contributed by atoms with E-state index in [0.717, 1.165) is 11.1 Å². The molecule has 0 aliphatic carbocycles. The Morgan fingerprint density at radius 2 is 2.00 bits per heavy atom. The lowest BCUT2D eigenvalue weighted by atomic mass is 10.1. The summed E-state index contributed by atoms with van der Waals surface area (Å²) in [6.07, 6.45) is 1.74. The number of aryl methyl sites for hydroxylation is 1. The fourth-order valence-electron chi connectivity index (χ4n) is 2.33. The van der Waals surface area contributed by atoms with Crippen LogP contribution < -0.4 is 9.47 Å². The normalized spacial score (nSPS) is 14.5. The summed E-state index contributed by atoms with van der Waals surface area (Å²) in [5.74, 6) is 1.03. The van der Waals surface area contributed by atoms with Crippen LogP contribution in [0.1, 0.15) is 28.4 Å². The van der Waals surface area contributed by atoms with Gasteiger partial charge in [0.15, 0.2) is 11.5 Å². The summed E-state index contributed by atoms with van der Waals surface area (Å²) in [5, 5.41) is 0. The molecule has 1 heterocycles. The van der Waals surface area contributed by atoms with Gasteiger partial charge in [-0.25, -0.2) is 0 Å². The monoisotopic (exact) mass is 308 g/mol. The first-order valence-corrected chi connectivity index (χ1v) is 7.31. The Kier molecular flexibility index (Phi) is 3.98. The number of hydrogen-bond donors (Lipinski definition) is 0. The molecule has 1 aliphatic rings. The van der Waals surface area contributed by atoms with Crippen molar-refractivity contribution in [1.82, 2.24) is 0 Å². The van der Waals surface area contributed by atoms with Gasteiger partial charge in [-0.15, -0.1) is 0 Å². The van der Waals surface area contributed by atoms with Gasteiger partial charge in [-0.1, -0.05) is 24.3 Å². The number of carbonyl (C=O) groups is 2. The van der Waals surface area contributed by atoms with Gasteiger partial charge in [-0.3, -0.25) is 9.59 Å². The number of benzene rings is 2. The van der Waals surface area contributed by atoms with Gasteiger partial charge in [-0.2, -0.15) is 0 Å². The SMILES string of the molecule is CC(=O)COc1ccc2c(c1)O/C(=C/c1ccccc1C)C2=O. The highest BCUT2D eigenvalue weighted by Gasteiger charge is 2.27. The van der Waals surface area contributed by atoms with E-state index in [0.29, 0.717) is 17.1 Å². The number of Topliss-reactive ketones (excluding diaryl/α,β-unsaturated/α-hetero) is 2. The predicted molar refractivity (Wildman–Crippen MR) is 86.7 cm³/mol. The summed E-state index contributed by atoms with van der Waals surface area (Å²) in [6.45, 7) is 3.43. The summed E-state index contributed by atoms with van der Waals surface area (Å²) >= 11 is 0. The van der Waals surface area contributed by atoms with Crippen molar-refractivity contribution in [3.8, 4) is 11.5 Å². The van der Waals surface area contributed by atoms with Crippen molar-refractivity contribution in [3.05, 3.63) is 64.9 Å². The molecule has 0 spiro atoms. The summed E-state index contributed by atoms with van der Waals surface area (Å²) in [4.78, 5) is 23.4. The van der Waals surface area contributed by atoms with Gasteiger partial charge in [0.25, 0.3) is 0 Å². The maximum atomic E-state index is 12.4. The van der Waals surface area contributed by atoms with E-state index in [-0.39, 0.29) is 23.9 Å². The smallest absolute Gasteiger partial charge is 0.231 e. The zero-order valence-corrected chi connectivity index (χ0v) is 13.0. The molecule has 0 fully saturated rings. The van der Waals surface area contributed by atoms with Crippen LogP contribution in [0.25, 0.3) is 6.08 Å². The highest BCUT2D eigenvalue weighted by atomic mass is 16.5. The molecule has 23 heavy (non-hydrogen) atoms. The van der Waals surface area contributed by atoms with Crippen LogP contribution in [0.5, 0.6) is 11.5 Å². The second-order valence-electron chi connectivity index (χ2n) is 5.45. The van der Waals surface area contributed by atoms with E-state index in [2.05, 4.69) is 0 Å². The summed E-state index contributed by atoms with van der Waals surface area (Å²) in [7, 11) is 0. The van der Waals surface area contributed by atoms with E-state index >= 15 is 0 Å². The Morgan fingerprint density at radius 3 is 2.74 bits per heavy atom. The average molecular weight is 308 g/mol. The molecule has 116 valence electrons. The van der Waals surface area contributed by atoms with Crippen molar-refractivity contribution in [2.45, 2.75) is 13.8 Å². The molecule has 0 unspecified atom stereocenters. The highest BCUT2D eigenvalue weighted by Crippen LogP contribution is 2.35.